The molecule has 2 N–H and O–H groups in total. The number of nitrogens with zero attached hydrogens (tertiary/aromatic N) is 4. The van der Waals surface area contributed by atoms with E-state index in [0.29, 0.717) is 5.92 Å². The fraction of sp³-hybridized carbons (Fsp3) is 0.615. The van der Waals surface area contributed by atoms with E-state index in [2.05, 4.69) is 22.2 Å². The molecule has 2 aromatic rings. The van der Waals surface area contributed by atoms with Gasteiger partial charge in [0.2, 0.25) is 0 Å². The van der Waals surface area contributed by atoms with Gasteiger partial charge in [0.05, 0.1) is 5.69 Å². The first-order valence-electron chi connectivity index (χ1n) is 6.62. The van der Waals surface area contributed by atoms with Gasteiger partial charge in [-0.3, -0.25) is 0 Å². The third kappa shape index (κ3) is 2.85. The van der Waals surface area contributed by atoms with Crippen molar-refractivity contribution in [3.05, 3.63) is 23.7 Å². The molecule has 2 heterocycles. The molecule has 2 rings (SSSR count). The summed E-state index contributed by atoms with van der Waals surface area (Å²) in [4.78, 5) is 0. The highest BCUT2D eigenvalue weighted by atomic mass is 15.4. The number of nitrogens with two attached hydrogens (primary N) is 1. The van der Waals surface area contributed by atoms with Crippen molar-refractivity contribution in [3.63, 3.8) is 0 Å². The number of rotatable bonds is 6. The molecular formula is C13H21N5. The molecule has 0 radical (unpaired) electrons. The summed E-state index contributed by atoms with van der Waals surface area (Å²) in [6.07, 6.45) is 4.26. The van der Waals surface area contributed by atoms with Gasteiger partial charge in [-0.25, -0.2) is 0 Å². The van der Waals surface area contributed by atoms with Crippen LogP contribution in [-0.2, 0) is 6.42 Å². The number of hydrogen-bond donors (Lipinski definition) is 1. The fourth-order valence-electron chi connectivity index (χ4n) is 2.20. The minimum absolute atomic E-state index is 0.673. The fourth-order valence-corrected chi connectivity index (χ4v) is 2.20. The maximum atomic E-state index is 5.62. The highest BCUT2D eigenvalue weighted by Crippen LogP contribution is 2.15. The van der Waals surface area contributed by atoms with Gasteiger partial charge in [-0.2, -0.15) is 9.61 Å². The summed E-state index contributed by atoms with van der Waals surface area (Å²) in [5.74, 6) is 1.62. The Labute approximate surface area is 107 Å². The van der Waals surface area contributed by atoms with Crippen molar-refractivity contribution in [3.8, 4) is 0 Å². The summed E-state index contributed by atoms with van der Waals surface area (Å²) >= 11 is 0. The van der Waals surface area contributed by atoms with E-state index in [1.165, 1.54) is 6.42 Å². The minimum atomic E-state index is 0.673. The molecule has 0 aliphatic heterocycles. The second-order valence-corrected chi connectivity index (χ2v) is 4.75. The predicted octanol–water partition coefficient (Wildman–Crippen LogP) is 1.74. The zero-order chi connectivity index (χ0) is 13.0. The van der Waals surface area contributed by atoms with Crippen LogP contribution in [0.25, 0.3) is 5.65 Å². The summed E-state index contributed by atoms with van der Waals surface area (Å²) in [5.41, 5.74) is 7.42. The van der Waals surface area contributed by atoms with Crippen LogP contribution in [0.3, 0.4) is 0 Å². The standard InChI is InChI=1S/C13H21N5/c1-3-11(8-9-14)5-7-13-16-15-12-6-4-10(2)17-18(12)13/h4,6,11H,3,5,7-9,14H2,1-2H3. The van der Waals surface area contributed by atoms with Gasteiger partial charge >= 0.3 is 0 Å². The Morgan fingerprint density at radius 3 is 2.83 bits per heavy atom. The van der Waals surface area contributed by atoms with E-state index in [4.69, 9.17) is 5.73 Å². The van der Waals surface area contributed by atoms with Crippen LogP contribution < -0.4 is 5.73 Å². The Bertz CT molecular complexity index is 505. The first kappa shape index (κ1) is 13.0. The van der Waals surface area contributed by atoms with Crippen LogP contribution in [0.15, 0.2) is 12.1 Å². The lowest BCUT2D eigenvalue weighted by Gasteiger charge is -2.12. The molecule has 0 saturated carbocycles. The van der Waals surface area contributed by atoms with E-state index >= 15 is 0 Å². The molecule has 1 unspecified atom stereocenters. The van der Waals surface area contributed by atoms with Gasteiger partial charge in [0.15, 0.2) is 11.5 Å². The van der Waals surface area contributed by atoms with E-state index in [9.17, 15) is 0 Å². The normalized spacial score (nSPS) is 13.1. The van der Waals surface area contributed by atoms with E-state index < -0.39 is 0 Å². The van der Waals surface area contributed by atoms with Crippen molar-refractivity contribution in [2.75, 3.05) is 6.54 Å². The van der Waals surface area contributed by atoms with Crippen molar-refractivity contribution < 1.29 is 0 Å². The SMILES string of the molecule is CCC(CCN)CCc1nnc2ccc(C)nn12. The van der Waals surface area contributed by atoms with Gasteiger partial charge in [0.1, 0.15) is 0 Å². The zero-order valence-electron chi connectivity index (χ0n) is 11.1. The van der Waals surface area contributed by atoms with Gasteiger partial charge in [0.25, 0.3) is 0 Å². The minimum Gasteiger partial charge on any atom is -0.330 e. The Kier molecular flexibility index (Phi) is 4.25. The molecule has 0 amide bonds. The number of fused-ring (bicyclic) bond motifs is 1. The summed E-state index contributed by atoms with van der Waals surface area (Å²) in [6.45, 7) is 4.95. The quantitative estimate of drug-likeness (QED) is 0.844. The highest BCUT2D eigenvalue weighted by Gasteiger charge is 2.10. The van der Waals surface area contributed by atoms with E-state index in [-0.39, 0.29) is 0 Å². The molecular weight excluding hydrogens is 226 g/mol. The lowest BCUT2D eigenvalue weighted by atomic mass is 9.96. The van der Waals surface area contributed by atoms with E-state index in [0.717, 1.165) is 43.0 Å². The molecule has 0 spiro atoms. The maximum Gasteiger partial charge on any atom is 0.177 e. The van der Waals surface area contributed by atoms with Crippen LogP contribution in [0, 0.1) is 12.8 Å². The molecule has 0 fully saturated rings. The summed E-state index contributed by atoms with van der Waals surface area (Å²) < 4.78 is 1.85. The van der Waals surface area contributed by atoms with Crippen LogP contribution in [0.1, 0.15) is 37.7 Å². The van der Waals surface area contributed by atoms with Crippen LogP contribution in [-0.4, -0.2) is 26.4 Å². The molecule has 5 heteroatoms. The molecule has 0 saturated heterocycles. The van der Waals surface area contributed by atoms with Gasteiger partial charge < -0.3 is 5.73 Å². The maximum absolute atomic E-state index is 5.62. The monoisotopic (exact) mass is 247 g/mol. The second kappa shape index (κ2) is 5.91. The smallest absolute Gasteiger partial charge is 0.177 e. The van der Waals surface area contributed by atoms with Crippen molar-refractivity contribution in [1.29, 1.82) is 0 Å². The molecule has 2 aromatic heterocycles. The third-order valence-electron chi connectivity index (χ3n) is 3.39. The average Bonchev–Trinajstić information content (AvgIpc) is 2.77. The lowest BCUT2D eigenvalue weighted by molar-refractivity contribution is 0.437. The molecule has 1 atom stereocenters. The van der Waals surface area contributed by atoms with Crippen molar-refractivity contribution in [2.24, 2.45) is 11.7 Å². The van der Waals surface area contributed by atoms with Crippen LogP contribution in [0.2, 0.25) is 0 Å². The highest BCUT2D eigenvalue weighted by molar-refractivity contribution is 5.35. The largest absolute Gasteiger partial charge is 0.330 e. The number of hydrogen-bond acceptors (Lipinski definition) is 4. The van der Waals surface area contributed by atoms with E-state index in [1.54, 1.807) is 0 Å². The Balaban J connectivity index is 2.09. The van der Waals surface area contributed by atoms with Crippen molar-refractivity contribution >= 4 is 5.65 Å². The second-order valence-electron chi connectivity index (χ2n) is 4.75. The van der Waals surface area contributed by atoms with Crippen molar-refractivity contribution in [1.82, 2.24) is 19.8 Å². The summed E-state index contributed by atoms with van der Waals surface area (Å²) in [5, 5.41) is 12.8. The zero-order valence-corrected chi connectivity index (χ0v) is 11.1. The van der Waals surface area contributed by atoms with Crippen LogP contribution in [0.4, 0.5) is 0 Å². The molecule has 0 aliphatic carbocycles. The number of aryl methyl sites for hydroxylation is 2. The van der Waals surface area contributed by atoms with Gasteiger partial charge in [-0.05, 0) is 44.4 Å². The summed E-state index contributed by atoms with van der Waals surface area (Å²) in [6, 6.07) is 3.91. The Hall–Kier alpha value is -1.49. The topological polar surface area (TPSA) is 69.1 Å². The average molecular weight is 247 g/mol. The molecule has 18 heavy (non-hydrogen) atoms. The molecule has 0 aliphatic rings. The number of aromatic nitrogens is 4. The van der Waals surface area contributed by atoms with Crippen LogP contribution in [0.5, 0.6) is 0 Å². The summed E-state index contributed by atoms with van der Waals surface area (Å²) in [7, 11) is 0. The first-order chi connectivity index (χ1) is 8.74. The molecule has 98 valence electrons. The molecule has 0 bridgehead atoms. The van der Waals surface area contributed by atoms with Gasteiger partial charge in [0, 0.05) is 6.42 Å². The van der Waals surface area contributed by atoms with Gasteiger partial charge in [-0.1, -0.05) is 13.3 Å². The van der Waals surface area contributed by atoms with Crippen molar-refractivity contribution in [2.45, 2.75) is 39.5 Å². The molecule has 0 aromatic carbocycles. The van der Waals surface area contributed by atoms with E-state index in [1.807, 2.05) is 23.6 Å². The first-order valence-corrected chi connectivity index (χ1v) is 6.62. The molecule has 5 nitrogen and oxygen atoms in total. The Morgan fingerprint density at radius 2 is 2.11 bits per heavy atom. The third-order valence-corrected chi connectivity index (χ3v) is 3.39. The predicted molar refractivity (Wildman–Crippen MR) is 71.3 cm³/mol. The van der Waals surface area contributed by atoms with Gasteiger partial charge in [-0.15, -0.1) is 10.2 Å². The van der Waals surface area contributed by atoms with Crippen LogP contribution >= 0.6 is 0 Å². The Morgan fingerprint density at radius 1 is 1.28 bits per heavy atom. The lowest BCUT2D eigenvalue weighted by Crippen LogP contribution is -2.10.